The molecule has 0 aliphatic carbocycles. The topological polar surface area (TPSA) is 49.6 Å². The summed E-state index contributed by atoms with van der Waals surface area (Å²) in [6.07, 6.45) is 1.96. The molecule has 2 rings (SSSR count). The average Bonchev–Trinajstić information content (AvgIpc) is 2.40. The molecular formula is C13H8Cl2FN3. The summed E-state index contributed by atoms with van der Waals surface area (Å²) < 4.78 is 13.6. The average molecular weight is 296 g/mol. The first kappa shape index (κ1) is 13.7. The molecule has 1 aromatic carbocycles. The number of hydrogen-bond acceptors (Lipinski definition) is 3. The van der Waals surface area contributed by atoms with Crippen LogP contribution in [0.2, 0.25) is 10.3 Å². The zero-order valence-corrected chi connectivity index (χ0v) is 11.2. The Balaban J connectivity index is 2.39. The molecule has 6 heteroatoms. The van der Waals surface area contributed by atoms with Gasteiger partial charge >= 0.3 is 0 Å². The number of nitrogens with zero attached hydrogens (tertiary/aromatic N) is 3. The maximum absolute atomic E-state index is 13.6. The Kier molecular flexibility index (Phi) is 4.31. The molecule has 2 aromatic rings. The highest BCUT2D eigenvalue weighted by Crippen LogP contribution is 2.27. The standard InChI is InChI=1S/C13H8Cl2FN3/c14-10-6-9(4-3-8(10)2-1-5-17)12-11(16)7-18-13(15)19-12/h3-4,6-7H,1-2H2. The van der Waals surface area contributed by atoms with Crippen molar-refractivity contribution in [2.45, 2.75) is 12.8 Å². The highest BCUT2D eigenvalue weighted by molar-refractivity contribution is 6.31. The number of hydrogen-bond donors (Lipinski definition) is 0. The van der Waals surface area contributed by atoms with Crippen LogP contribution in [0.5, 0.6) is 0 Å². The molecular weight excluding hydrogens is 288 g/mol. The second-order valence-electron chi connectivity index (χ2n) is 3.80. The first-order valence-electron chi connectivity index (χ1n) is 5.45. The van der Waals surface area contributed by atoms with Gasteiger partial charge in [-0.05, 0) is 29.7 Å². The fourth-order valence-corrected chi connectivity index (χ4v) is 2.04. The highest BCUT2D eigenvalue weighted by Gasteiger charge is 2.10. The van der Waals surface area contributed by atoms with Crippen LogP contribution in [-0.2, 0) is 6.42 Å². The molecule has 0 bridgehead atoms. The largest absolute Gasteiger partial charge is 0.223 e. The molecule has 1 heterocycles. The Bertz CT molecular complexity index is 653. The van der Waals surface area contributed by atoms with E-state index in [-0.39, 0.29) is 11.0 Å². The fourth-order valence-electron chi connectivity index (χ4n) is 1.64. The Morgan fingerprint density at radius 2 is 2.11 bits per heavy atom. The maximum Gasteiger partial charge on any atom is 0.223 e. The number of rotatable bonds is 3. The third kappa shape index (κ3) is 3.19. The number of nitriles is 1. The molecule has 0 spiro atoms. The van der Waals surface area contributed by atoms with Crippen molar-refractivity contribution in [3.05, 3.63) is 46.1 Å². The summed E-state index contributed by atoms with van der Waals surface area (Å²) in [4.78, 5) is 7.40. The molecule has 0 aliphatic rings. The molecule has 0 saturated carbocycles. The highest BCUT2D eigenvalue weighted by atomic mass is 35.5. The number of benzene rings is 1. The fraction of sp³-hybridized carbons (Fsp3) is 0.154. The number of aromatic nitrogens is 2. The third-order valence-corrected chi connectivity index (χ3v) is 3.08. The lowest BCUT2D eigenvalue weighted by molar-refractivity contribution is 0.618. The van der Waals surface area contributed by atoms with Crippen molar-refractivity contribution < 1.29 is 4.39 Å². The lowest BCUT2D eigenvalue weighted by Crippen LogP contribution is -1.94. The molecule has 1 aromatic heterocycles. The van der Waals surface area contributed by atoms with E-state index >= 15 is 0 Å². The van der Waals surface area contributed by atoms with Gasteiger partial charge in [-0.2, -0.15) is 5.26 Å². The van der Waals surface area contributed by atoms with E-state index in [0.29, 0.717) is 23.4 Å². The van der Waals surface area contributed by atoms with Gasteiger partial charge < -0.3 is 0 Å². The Hall–Kier alpha value is -1.70. The van der Waals surface area contributed by atoms with E-state index in [9.17, 15) is 4.39 Å². The van der Waals surface area contributed by atoms with Gasteiger partial charge in [0, 0.05) is 17.0 Å². The van der Waals surface area contributed by atoms with Gasteiger partial charge in [0.1, 0.15) is 5.69 Å². The first-order chi connectivity index (χ1) is 9.11. The van der Waals surface area contributed by atoms with Crippen molar-refractivity contribution >= 4 is 23.2 Å². The van der Waals surface area contributed by atoms with E-state index in [0.717, 1.165) is 11.8 Å². The maximum atomic E-state index is 13.6. The van der Waals surface area contributed by atoms with Crippen molar-refractivity contribution in [2.75, 3.05) is 0 Å². The van der Waals surface area contributed by atoms with Gasteiger partial charge in [0.2, 0.25) is 5.28 Å². The second kappa shape index (κ2) is 5.96. The zero-order chi connectivity index (χ0) is 13.8. The first-order valence-corrected chi connectivity index (χ1v) is 6.21. The van der Waals surface area contributed by atoms with Gasteiger partial charge in [-0.1, -0.05) is 23.7 Å². The number of aryl methyl sites for hydroxylation is 1. The van der Waals surface area contributed by atoms with Gasteiger partial charge in [0.25, 0.3) is 0 Å². The molecule has 19 heavy (non-hydrogen) atoms. The summed E-state index contributed by atoms with van der Waals surface area (Å²) in [5.74, 6) is -0.565. The minimum absolute atomic E-state index is 0.0268. The summed E-state index contributed by atoms with van der Waals surface area (Å²) in [7, 11) is 0. The smallest absolute Gasteiger partial charge is 0.223 e. The van der Waals surface area contributed by atoms with E-state index < -0.39 is 5.82 Å². The van der Waals surface area contributed by atoms with Gasteiger partial charge in [-0.3, -0.25) is 0 Å². The lowest BCUT2D eigenvalue weighted by atomic mass is 10.1. The van der Waals surface area contributed by atoms with Crippen molar-refractivity contribution in [1.29, 1.82) is 5.26 Å². The minimum atomic E-state index is -0.565. The van der Waals surface area contributed by atoms with Crippen LogP contribution in [0.25, 0.3) is 11.3 Å². The molecule has 0 aliphatic heterocycles. The van der Waals surface area contributed by atoms with E-state index in [1.54, 1.807) is 18.2 Å². The van der Waals surface area contributed by atoms with E-state index in [1.165, 1.54) is 0 Å². The lowest BCUT2D eigenvalue weighted by Gasteiger charge is -2.06. The number of halogens is 3. The Morgan fingerprint density at radius 1 is 1.32 bits per heavy atom. The molecule has 96 valence electrons. The molecule has 3 nitrogen and oxygen atoms in total. The van der Waals surface area contributed by atoms with Gasteiger partial charge in [-0.15, -0.1) is 0 Å². The molecule has 0 radical (unpaired) electrons. The van der Waals surface area contributed by atoms with Crippen LogP contribution in [0, 0.1) is 17.1 Å². The predicted molar refractivity (Wildman–Crippen MR) is 71.4 cm³/mol. The molecule has 0 unspecified atom stereocenters. The monoisotopic (exact) mass is 295 g/mol. The van der Waals surface area contributed by atoms with Crippen LogP contribution in [0.15, 0.2) is 24.4 Å². The zero-order valence-electron chi connectivity index (χ0n) is 9.70. The van der Waals surface area contributed by atoms with Crippen LogP contribution in [-0.4, -0.2) is 9.97 Å². The van der Waals surface area contributed by atoms with Crippen LogP contribution < -0.4 is 0 Å². The second-order valence-corrected chi connectivity index (χ2v) is 4.55. The molecule has 0 amide bonds. The van der Waals surface area contributed by atoms with Crippen molar-refractivity contribution in [1.82, 2.24) is 9.97 Å². The summed E-state index contributed by atoms with van der Waals surface area (Å²) in [6.45, 7) is 0. The van der Waals surface area contributed by atoms with Gasteiger partial charge in [-0.25, -0.2) is 14.4 Å². The molecule has 0 N–H and O–H groups in total. The van der Waals surface area contributed by atoms with E-state index in [1.807, 2.05) is 6.07 Å². The van der Waals surface area contributed by atoms with Crippen molar-refractivity contribution in [3.63, 3.8) is 0 Å². The third-order valence-electron chi connectivity index (χ3n) is 2.55. The summed E-state index contributed by atoms with van der Waals surface area (Å²) in [5, 5.41) is 8.99. The summed E-state index contributed by atoms with van der Waals surface area (Å²) in [6, 6.07) is 7.11. The van der Waals surface area contributed by atoms with E-state index in [4.69, 9.17) is 28.5 Å². The Morgan fingerprint density at radius 3 is 2.79 bits per heavy atom. The summed E-state index contributed by atoms with van der Waals surface area (Å²) >= 11 is 11.7. The van der Waals surface area contributed by atoms with Gasteiger partial charge in [0.05, 0.1) is 12.3 Å². The van der Waals surface area contributed by atoms with Crippen LogP contribution in [0.1, 0.15) is 12.0 Å². The van der Waals surface area contributed by atoms with Crippen molar-refractivity contribution in [2.24, 2.45) is 0 Å². The quantitative estimate of drug-likeness (QED) is 0.803. The summed E-state index contributed by atoms with van der Waals surface area (Å²) in [5.41, 5.74) is 1.47. The molecule has 0 atom stereocenters. The molecule has 0 saturated heterocycles. The SMILES string of the molecule is N#CCCc1ccc(-c2nc(Cl)ncc2F)cc1Cl. The predicted octanol–water partition coefficient (Wildman–Crippen LogP) is 4.05. The van der Waals surface area contributed by atoms with Gasteiger partial charge in [0.15, 0.2) is 5.82 Å². The minimum Gasteiger partial charge on any atom is -0.223 e. The normalized spacial score (nSPS) is 10.2. The van der Waals surface area contributed by atoms with E-state index in [2.05, 4.69) is 9.97 Å². The van der Waals surface area contributed by atoms with Crippen LogP contribution in [0.4, 0.5) is 4.39 Å². The Labute approximate surface area is 119 Å². The van der Waals surface area contributed by atoms with Crippen LogP contribution in [0.3, 0.4) is 0 Å². The molecule has 0 fully saturated rings. The van der Waals surface area contributed by atoms with Crippen molar-refractivity contribution in [3.8, 4) is 17.3 Å². The van der Waals surface area contributed by atoms with Crippen LogP contribution >= 0.6 is 23.2 Å².